The molecule has 2 aromatic carbocycles. The van der Waals surface area contributed by atoms with Crippen molar-refractivity contribution in [1.82, 2.24) is 19.4 Å². The Hall–Kier alpha value is -2.68. The average molecular weight is 542 g/mol. The van der Waals surface area contributed by atoms with Gasteiger partial charge in [0.05, 0.1) is 21.3 Å². The van der Waals surface area contributed by atoms with Crippen LogP contribution in [0.25, 0.3) is 11.4 Å². The summed E-state index contributed by atoms with van der Waals surface area (Å²) in [5.41, 5.74) is 4.09. The molecule has 1 fully saturated rings. The SMILES string of the molecule is C=C(/C=C(/NC1CCN(S(=O)(=O)c2ccccc2)CC1)n1ncc(Br)c1C)c1ccccc1C. The highest BCUT2D eigenvalue weighted by Gasteiger charge is 2.29. The van der Waals surface area contributed by atoms with Crippen molar-refractivity contribution in [2.75, 3.05) is 13.1 Å². The first-order chi connectivity index (χ1) is 16.3. The van der Waals surface area contributed by atoms with Crippen molar-refractivity contribution < 1.29 is 8.42 Å². The molecule has 8 heteroatoms. The minimum absolute atomic E-state index is 0.112. The Bertz CT molecular complexity index is 1310. The highest BCUT2D eigenvalue weighted by atomic mass is 79.9. The lowest BCUT2D eigenvalue weighted by Gasteiger charge is -2.32. The van der Waals surface area contributed by atoms with Gasteiger partial charge in [-0.1, -0.05) is 49.0 Å². The predicted octanol–water partition coefficient (Wildman–Crippen LogP) is 5.22. The lowest BCUT2D eigenvalue weighted by Crippen LogP contribution is -2.45. The van der Waals surface area contributed by atoms with E-state index in [1.54, 1.807) is 34.8 Å². The summed E-state index contributed by atoms with van der Waals surface area (Å²) >= 11 is 3.55. The van der Waals surface area contributed by atoms with Gasteiger partial charge in [-0.3, -0.25) is 0 Å². The Balaban J connectivity index is 1.53. The molecular weight excluding hydrogens is 512 g/mol. The van der Waals surface area contributed by atoms with Crippen LogP contribution in [0.3, 0.4) is 0 Å². The lowest BCUT2D eigenvalue weighted by atomic mass is 10.0. The number of aromatic nitrogens is 2. The predicted molar refractivity (Wildman–Crippen MR) is 141 cm³/mol. The van der Waals surface area contributed by atoms with Gasteiger partial charge in [0.15, 0.2) is 0 Å². The van der Waals surface area contributed by atoms with Crippen molar-refractivity contribution >= 4 is 37.3 Å². The van der Waals surface area contributed by atoms with E-state index in [0.717, 1.165) is 32.7 Å². The molecule has 0 bridgehead atoms. The molecule has 6 nitrogen and oxygen atoms in total. The second-order valence-electron chi connectivity index (χ2n) is 8.50. The smallest absolute Gasteiger partial charge is 0.243 e. The molecule has 178 valence electrons. The molecule has 0 amide bonds. The molecule has 0 spiro atoms. The van der Waals surface area contributed by atoms with Gasteiger partial charge in [-0.25, -0.2) is 13.1 Å². The van der Waals surface area contributed by atoms with Crippen molar-refractivity contribution in [3.05, 3.63) is 94.7 Å². The van der Waals surface area contributed by atoms with Gasteiger partial charge in [0, 0.05) is 19.1 Å². The molecule has 4 rings (SSSR count). The number of hydrogen-bond donors (Lipinski definition) is 1. The molecule has 0 radical (unpaired) electrons. The topological polar surface area (TPSA) is 67.2 Å². The van der Waals surface area contributed by atoms with Crippen molar-refractivity contribution in [3.8, 4) is 0 Å². The first-order valence-corrected chi connectivity index (χ1v) is 13.5. The van der Waals surface area contributed by atoms with Crippen LogP contribution in [0.4, 0.5) is 0 Å². The summed E-state index contributed by atoms with van der Waals surface area (Å²) in [4.78, 5) is 0.341. The van der Waals surface area contributed by atoms with Crippen molar-refractivity contribution in [1.29, 1.82) is 0 Å². The van der Waals surface area contributed by atoms with Crippen molar-refractivity contribution in [2.24, 2.45) is 0 Å². The summed E-state index contributed by atoms with van der Waals surface area (Å²) in [6.07, 6.45) is 5.18. The van der Waals surface area contributed by atoms with E-state index in [2.05, 4.69) is 52.0 Å². The fourth-order valence-corrected chi connectivity index (χ4v) is 5.91. The standard InChI is InChI=1S/C26H29BrN4O2S/c1-19-9-7-8-12-24(19)20(2)17-26(31-21(3)25(27)18-28-31)29-22-13-15-30(16-14-22)34(32,33)23-10-5-4-6-11-23/h4-12,17-18,22,29H,2,13-16H2,1,3H3/b26-17-. The summed E-state index contributed by atoms with van der Waals surface area (Å²) in [5.74, 6) is 0.820. The number of piperidine rings is 1. The lowest BCUT2D eigenvalue weighted by molar-refractivity contribution is 0.303. The van der Waals surface area contributed by atoms with E-state index in [-0.39, 0.29) is 6.04 Å². The summed E-state index contributed by atoms with van der Waals surface area (Å²) in [5, 5.41) is 8.15. The molecule has 2 heterocycles. The van der Waals surface area contributed by atoms with Crippen LogP contribution in [0, 0.1) is 13.8 Å². The van der Waals surface area contributed by atoms with E-state index < -0.39 is 10.0 Å². The van der Waals surface area contributed by atoms with Gasteiger partial charge in [-0.15, -0.1) is 0 Å². The highest BCUT2D eigenvalue weighted by molar-refractivity contribution is 9.10. The largest absolute Gasteiger partial charge is 0.367 e. The van der Waals surface area contributed by atoms with Gasteiger partial charge in [-0.05, 0) is 77.5 Å². The van der Waals surface area contributed by atoms with Gasteiger partial charge in [0.1, 0.15) is 5.82 Å². The van der Waals surface area contributed by atoms with Crippen molar-refractivity contribution in [2.45, 2.75) is 37.6 Å². The third-order valence-electron chi connectivity index (χ3n) is 6.17. The molecule has 1 N–H and O–H groups in total. The van der Waals surface area contributed by atoms with Crippen LogP contribution in [-0.2, 0) is 10.0 Å². The number of rotatable bonds is 7. The second kappa shape index (κ2) is 10.3. The molecule has 1 aliphatic heterocycles. The van der Waals surface area contributed by atoms with E-state index in [0.29, 0.717) is 30.8 Å². The molecule has 3 aromatic rings. The maximum atomic E-state index is 13.0. The second-order valence-corrected chi connectivity index (χ2v) is 11.3. The van der Waals surface area contributed by atoms with Gasteiger partial charge in [-0.2, -0.15) is 9.40 Å². The number of sulfonamides is 1. The number of allylic oxidation sites excluding steroid dienone is 2. The van der Waals surface area contributed by atoms with E-state index in [9.17, 15) is 8.42 Å². The Kier molecular flexibility index (Phi) is 7.40. The van der Waals surface area contributed by atoms with Gasteiger partial charge in [0.25, 0.3) is 0 Å². The number of benzene rings is 2. The van der Waals surface area contributed by atoms with E-state index >= 15 is 0 Å². The maximum absolute atomic E-state index is 13.0. The van der Waals surface area contributed by atoms with Gasteiger partial charge >= 0.3 is 0 Å². The fourth-order valence-electron chi connectivity index (χ4n) is 4.16. The summed E-state index contributed by atoms with van der Waals surface area (Å²) < 4.78 is 30.3. The van der Waals surface area contributed by atoms with Crippen LogP contribution < -0.4 is 5.32 Å². The van der Waals surface area contributed by atoms with Crippen LogP contribution >= 0.6 is 15.9 Å². The zero-order valence-electron chi connectivity index (χ0n) is 19.4. The van der Waals surface area contributed by atoms with Gasteiger partial charge in [0.2, 0.25) is 10.0 Å². The molecule has 34 heavy (non-hydrogen) atoms. The molecule has 1 aromatic heterocycles. The normalized spacial score (nSPS) is 15.9. The first-order valence-electron chi connectivity index (χ1n) is 11.3. The van der Waals surface area contributed by atoms with Crippen LogP contribution in [0.1, 0.15) is 29.7 Å². The van der Waals surface area contributed by atoms with E-state index in [1.807, 2.05) is 35.9 Å². The third kappa shape index (κ3) is 5.19. The van der Waals surface area contributed by atoms with E-state index in [1.165, 1.54) is 0 Å². The summed E-state index contributed by atoms with van der Waals surface area (Å²) in [6, 6.07) is 16.9. The van der Waals surface area contributed by atoms with Crippen LogP contribution in [0.5, 0.6) is 0 Å². The number of nitrogens with one attached hydrogen (secondary N) is 1. The molecule has 1 aliphatic rings. The van der Waals surface area contributed by atoms with Crippen LogP contribution in [0.15, 0.2) is 82.8 Å². The fraction of sp³-hybridized carbons (Fsp3) is 0.269. The summed E-state index contributed by atoms with van der Waals surface area (Å²) in [7, 11) is -3.48. The quantitative estimate of drug-likeness (QED) is 0.417. The Morgan fingerprint density at radius 3 is 2.35 bits per heavy atom. The molecule has 0 saturated carbocycles. The number of aryl methyl sites for hydroxylation is 1. The maximum Gasteiger partial charge on any atom is 0.243 e. The first kappa shape index (κ1) is 24.4. The van der Waals surface area contributed by atoms with Crippen LogP contribution in [0.2, 0.25) is 0 Å². The van der Waals surface area contributed by atoms with Crippen molar-refractivity contribution in [3.63, 3.8) is 0 Å². The zero-order chi connectivity index (χ0) is 24.3. The molecule has 0 aliphatic carbocycles. The van der Waals surface area contributed by atoms with E-state index in [4.69, 9.17) is 0 Å². The molecule has 0 unspecified atom stereocenters. The minimum atomic E-state index is -3.48. The van der Waals surface area contributed by atoms with Crippen LogP contribution in [-0.4, -0.2) is 41.6 Å². The number of nitrogens with zero attached hydrogens (tertiary/aromatic N) is 3. The summed E-state index contributed by atoms with van der Waals surface area (Å²) in [6.45, 7) is 9.29. The zero-order valence-corrected chi connectivity index (χ0v) is 21.8. The Morgan fingerprint density at radius 2 is 1.74 bits per heavy atom. The minimum Gasteiger partial charge on any atom is -0.367 e. The number of halogens is 1. The monoisotopic (exact) mass is 540 g/mol. The molecule has 0 atom stereocenters. The average Bonchev–Trinajstić information content (AvgIpc) is 3.18. The molecular formula is C26H29BrN4O2S. The third-order valence-corrected chi connectivity index (χ3v) is 8.86. The van der Waals surface area contributed by atoms with Gasteiger partial charge < -0.3 is 5.32 Å². The Morgan fingerprint density at radius 1 is 1.09 bits per heavy atom. The Labute approximate surface area is 210 Å². The number of hydrogen-bond acceptors (Lipinski definition) is 4. The highest BCUT2D eigenvalue weighted by Crippen LogP contribution is 2.25. The molecule has 1 saturated heterocycles.